The van der Waals surface area contributed by atoms with Gasteiger partial charge in [-0.1, -0.05) is 30.3 Å². The average molecular weight is 289 g/mol. The van der Waals surface area contributed by atoms with Gasteiger partial charge in [0.05, 0.1) is 12.7 Å². The van der Waals surface area contributed by atoms with Crippen molar-refractivity contribution < 1.29 is 14.3 Å². The molecule has 0 bridgehead atoms. The van der Waals surface area contributed by atoms with Crippen LogP contribution in [0.15, 0.2) is 30.3 Å². The van der Waals surface area contributed by atoms with Crippen LogP contribution in [0, 0.1) is 11.3 Å². The number of nitrogens with zero attached hydrogens (tertiary/aromatic N) is 1. The number of nitriles is 1. The summed E-state index contributed by atoms with van der Waals surface area (Å²) < 4.78 is 5.27. The lowest BCUT2D eigenvalue weighted by Gasteiger charge is -2.14. The maximum Gasteiger partial charge on any atom is 0.246 e. The first-order valence-corrected chi connectivity index (χ1v) is 6.70. The van der Waals surface area contributed by atoms with Crippen LogP contribution in [-0.2, 0) is 20.9 Å². The van der Waals surface area contributed by atoms with Gasteiger partial charge in [-0.2, -0.15) is 5.26 Å². The number of benzene rings is 1. The molecule has 6 nitrogen and oxygen atoms in total. The first kappa shape index (κ1) is 16.7. The van der Waals surface area contributed by atoms with E-state index in [2.05, 4.69) is 5.32 Å². The Morgan fingerprint density at radius 1 is 1.33 bits per heavy atom. The standard InChI is InChI=1S/C15H19N3O3/c16-9-5-4-8-13(15(17)20)18-14(19)11-21-10-12-6-2-1-3-7-12/h1-3,6-7,13H,4-5,8,10-11H2,(H2,17,20)(H,18,19)/t13-/m1/s1. The summed E-state index contributed by atoms with van der Waals surface area (Å²) in [6.07, 6.45) is 1.19. The molecule has 0 unspecified atom stereocenters. The summed E-state index contributed by atoms with van der Waals surface area (Å²) in [4.78, 5) is 22.9. The summed E-state index contributed by atoms with van der Waals surface area (Å²) in [5.74, 6) is -1.00. The van der Waals surface area contributed by atoms with E-state index in [0.29, 0.717) is 25.9 Å². The molecule has 0 radical (unpaired) electrons. The number of carbonyl (C=O) groups excluding carboxylic acids is 2. The molecular formula is C15H19N3O3. The Labute approximate surface area is 123 Å². The highest BCUT2D eigenvalue weighted by molar-refractivity contribution is 5.86. The first-order valence-electron chi connectivity index (χ1n) is 6.70. The minimum Gasteiger partial charge on any atom is -0.368 e. The Balaban J connectivity index is 2.30. The summed E-state index contributed by atoms with van der Waals surface area (Å²) in [6, 6.07) is 10.7. The normalized spacial score (nSPS) is 11.4. The van der Waals surface area contributed by atoms with Crippen LogP contribution in [-0.4, -0.2) is 24.5 Å². The largest absolute Gasteiger partial charge is 0.368 e. The zero-order valence-electron chi connectivity index (χ0n) is 11.7. The Bertz CT molecular complexity index is 497. The van der Waals surface area contributed by atoms with Gasteiger partial charge in [0.15, 0.2) is 0 Å². The van der Waals surface area contributed by atoms with Crippen LogP contribution in [0.1, 0.15) is 24.8 Å². The van der Waals surface area contributed by atoms with Gasteiger partial charge in [0.1, 0.15) is 12.6 Å². The van der Waals surface area contributed by atoms with Crippen LogP contribution in [0.25, 0.3) is 0 Å². The van der Waals surface area contributed by atoms with Gasteiger partial charge in [-0.15, -0.1) is 0 Å². The third-order valence-corrected chi connectivity index (χ3v) is 2.80. The van der Waals surface area contributed by atoms with Crippen LogP contribution < -0.4 is 11.1 Å². The second-order valence-electron chi connectivity index (χ2n) is 4.55. The van der Waals surface area contributed by atoms with Crippen molar-refractivity contribution in [3.63, 3.8) is 0 Å². The van der Waals surface area contributed by atoms with E-state index in [-0.39, 0.29) is 6.61 Å². The molecule has 1 aromatic rings. The third-order valence-electron chi connectivity index (χ3n) is 2.80. The molecule has 0 saturated carbocycles. The van der Waals surface area contributed by atoms with Crippen molar-refractivity contribution in [2.24, 2.45) is 5.73 Å². The van der Waals surface area contributed by atoms with Crippen LogP contribution in [0.4, 0.5) is 0 Å². The van der Waals surface area contributed by atoms with Gasteiger partial charge in [-0.05, 0) is 18.4 Å². The Kier molecular flexibility index (Phi) is 7.54. The molecule has 3 N–H and O–H groups in total. The fraction of sp³-hybridized carbons (Fsp3) is 0.400. The zero-order valence-corrected chi connectivity index (χ0v) is 11.7. The topological polar surface area (TPSA) is 105 Å². The van der Waals surface area contributed by atoms with Crippen LogP contribution in [0.3, 0.4) is 0 Å². The Morgan fingerprint density at radius 2 is 2.05 bits per heavy atom. The van der Waals surface area contributed by atoms with Crippen molar-refractivity contribution in [2.75, 3.05) is 6.61 Å². The second kappa shape index (κ2) is 9.50. The predicted molar refractivity (Wildman–Crippen MR) is 76.7 cm³/mol. The summed E-state index contributed by atoms with van der Waals surface area (Å²) in [7, 11) is 0. The molecule has 0 aromatic heterocycles. The summed E-state index contributed by atoms with van der Waals surface area (Å²) in [5.41, 5.74) is 6.17. The number of ether oxygens (including phenoxy) is 1. The van der Waals surface area contributed by atoms with E-state index in [1.165, 1.54) is 0 Å². The number of nitrogens with two attached hydrogens (primary N) is 1. The molecule has 0 heterocycles. The van der Waals surface area contributed by atoms with E-state index < -0.39 is 17.9 Å². The van der Waals surface area contributed by atoms with Gasteiger partial charge in [-0.3, -0.25) is 9.59 Å². The SMILES string of the molecule is N#CCCC[C@@H](NC(=O)COCc1ccccc1)C(N)=O. The van der Waals surface area contributed by atoms with Crippen molar-refractivity contribution in [3.8, 4) is 6.07 Å². The van der Waals surface area contributed by atoms with Gasteiger partial charge in [0.2, 0.25) is 11.8 Å². The molecule has 6 heteroatoms. The number of hydrogen-bond acceptors (Lipinski definition) is 4. The van der Waals surface area contributed by atoms with Crippen molar-refractivity contribution in [3.05, 3.63) is 35.9 Å². The summed E-state index contributed by atoms with van der Waals surface area (Å²) in [6.45, 7) is 0.181. The fourth-order valence-corrected chi connectivity index (χ4v) is 1.74. The minimum absolute atomic E-state index is 0.142. The number of nitrogens with one attached hydrogen (secondary N) is 1. The van der Waals surface area contributed by atoms with E-state index in [9.17, 15) is 9.59 Å². The van der Waals surface area contributed by atoms with E-state index in [4.69, 9.17) is 15.7 Å². The van der Waals surface area contributed by atoms with Crippen LogP contribution in [0.2, 0.25) is 0 Å². The van der Waals surface area contributed by atoms with Crippen molar-refractivity contribution in [1.29, 1.82) is 5.26 Å². The monoisotopic (exact) mass is 289 g/mol. The molecule has 0 spiro atoms. The van der Waals surface area contributed by atoms with Gasteiger partial charge >= 0.3 is 0 Å². The van der Waals surface area contributed by atoms with Crippen LogP contribution >= 0.6 is 0 Å². The molecule has 21 heavy (non-hydrogen) atoms. The number of rotatable bonds is 9. The second-order valence-corrected chi connectivity index (χ2v) is 4.55. The van der Waals surface area contributed by atoms with Gasteiger partial charge < -0.3 is 15.8 Å². The molecular weight excluding hydrogens is 270 g/mol. The average Bonchev–Trinajstić information content (AvgIpc) is 2.47. The lowest BCUT2D eigenvalue weighted by molar-refractivity contribution is -0.130. The number of carbonyl (C=O) groups is 2. The number of hydrogen-bond donors (Lipinski definition) is 2. The molecule has 0 aliphatic rings. The lowest BCUT2D eigenvalue weighted by atomic mass is 10.1. The quantitative estimate of drug-likeness (QED) is 0.658. The molecule has 1 aromatic carbocycles. The first-order chi connectivity index (χ1) is 10.1. The van der Waals surface area contributed by atoms with Crippen molar-refractivity contribution in [1.82, 2.24) is 5.32 Å². The molecule has 1 atom stereocenters. The summed E-state index contributed by atoms with van der Waals surface area (Å²) in [5, 5.41) is 11.0. The maximum atomic E-state index is 11.7. The fourth-order valence-electron chi connectivity index (χ4n) is 1.74. The van der Waals surface area contributed by atoms with Gasteiger partial charge in [0.25, 0.3) is 0 Å². The van der Waals surface area contributed by atoms with Gasteiger partial charge in [0, 0.05) is 6.42 Å². The van der Waals surface area contributed by atoms with Crippen molar-refractivity contribution in [2.45, 2.75) is 31.9 Å². The molecule has 0 aliphatic carbocycles. The van der Waals surface area contributed by atoms with E-state index in [1.807, 2.05) is 36.4 Å². The lowest BCUT2D eigenvalue weighted by Crippen LogP contribution is -2.45. The third kappa shape index (κ3) is 7.09. The minimum atomic E-state index is -0.758. The van der Waals surface area contributed by atoms with E-state index in [0.717, 1.165) is 5.56 Å². The number of amides is 2. The van der Waals surface area contributed by atoms with Crippen molar-refractivity contribution >= 4 is 11.8 Å². The maximum absolute atomic E-state index is 11.7. The Hall–Kier alpha value is -2.39. The number of unbranched alkanes of at least 4 members (excludes halogenated alkanes) is 1. The summed E-state index contributed by atoms with van der Waals surface area (Å²) >= 11 is 0. The van der Waals surface area contributed by atoms with E-state index >= 15 is 0 Å². The highest BCUT2D eigenvalue weighted by Crippen LogP contribution is 2.02. The molecule has 0 saturated heterocycles. The van der Waals surface area contributed by atoms with Crippen LogP contribution in [0.5, 0.6) is 0 Å². The predicted octanol–water partition coefficient (Wildman–Crippen LogP) is 0.867. The zero-order chi connectivity index (χ0) is 15.5. The molecule has 2 amide bonds. The highest BCUT2D eigenvalue weighted by Gasteiger charge is 2.17. The molecule has 0 aliphatic heterocycles. The molecule has 1 rings (SSSR count). The smallest absolute Gasteiger partial charge is 0.246 e. The molecule has 112 valence electrons. The number of primary amides is 1. The Morgan fingerprint density at radius 3 is 2.67 bits per heavy atom. The molecule has 0 fully saturated rings. The van der Waals surface area contributed by atoms with E-state index in [1.54, 1.807) is 0 Å². The highest BCUT2D eigenvalue weighted by atomic mass is 16.5. The van der Waals surface area contributed by atoms with Gasteiger partial charge in [-0.25, -0.2) is 0 Å².